The second kappa shape index (κ2) is 9.45. The monoisotopic (exact) mass is 399 g/mol. The van der Waals surface area contributed by atoms with Crippen molar-refractivity contribution in [2.24, 2.45) is 0 Å². The van der Waals surface area contributed by atoms with Gasteiger partial charge in [0.05, 0.1) is 14.2 Å². The summed E-state index contributed by atoms with van der Waals surface area (Å²) in [6.07, 6.45) is 0.829. The molecule has 1 aliphatic heterocycles. The fourth-order valence-corrected chi connectivity index (χ4v) is 3.38. The first-order valence-electron chi connectivity index (χ1n) is 9.81. The molecule has 1 fully saturated rings. The normalized spacial score (nSPS) is 13.9. The van der Waals surface area contributed by atoms with Crippen LogP contribution in [0.5, 0.6) is 11.5 Å². The lowest BCUT2D eigenvalue weighted by atomic mass is 10.1. The average molecular weight is 399 g/mol. The lowest BCUT2D eigenvalue weighted by molar-refractivity contribution is -0.129. The number of ether oxygens (including phenoxy) is 2. The second-order valence-corrected chi connectivity index (χ2v) is 7.05. The molecule has 156 valence electrons. The van der Waals surface area contributed by atoms with Crippen molar-refractivity contribution in [3.05, 3.63) is 35.5 Å². The Bertz CT molecular complexity index is 850. The highest BCUT2D eigenvalue weighted by molar-refractivity contribution is 5.73. The largest absolute Gasteiger partial charge is 0.493 e. The molecule has 1 aromatic heterocycles. The Kier molecular flexibility index (Phi) is 6.74. The number of aryl methyl sites for hydroxylation is 1. The van der Waals surface area contributed by atoms with E-state index >= 15 is 0 Å². The molecule has 0 radical (unpaired) electrons. The van der Waals surface area contributed by atoms with Crippen LogP contribution in [0.2, 0.25) is 0 Å². The van der Waals surface area contributed by atoms with Crippen molar-refractivity contribution >= 4 is 17.7 Å². The summed E-state index contributed by atoms with van der Waals surface area (Å²) in [4.78, 5) is 24.8. The summed E-state index contributed by atoms with van der Waals surface area (Å²) in [5.74, 6) is 3.09. The molecule has 8 nitrogen and oxygen atoms in total. The predicted molar refractivity (Wildman–Crippen MR) is 113 cm³/mol. The third-order valence-electron chi connectivity index (χ3n) is 5.02. The Hall–Kier alpha value is -3.03. The maximum atomic E-state index is 11.5. The summed E-state index contributed by atoms with van der Waals surface area (Å²) >= 11 is 0. The zero-order valence-corrected chi connectivity index (χ0v) is 17.6. The number of aromatic nitrogens is 2. The van der Waals surface area contributed by atoms with E-state index in [4.69, 9.17) is 9.47 Å². The number of methoxy groups -OCH3 is 2. The van der Waals surface area contributed by atoms with Crippen molar-refractivity contribution < 1.29 is 14.3 Å². The van der Waals surface area contributed by atoms with Crippen LogP contribution in [0.15, 0.2) is 24.3 Å². The number of carbonyl (C=O) groups excluding carboxylic acids is 1. The number of rotatable bonds is 7. The van der Waals surface area contributed by atoms with Crippen molar-refractivity contribution in [2.45, 2.75) is 20.3 Å². The van der Waals surface area contributed by atoms with Crippen molar-refractivity contribution in [1.29, 1.82) is 0 Å². The van der Waals surface area contributed by atoms with E-state index in [1.54, 1.807) is 21.1 Å². The van der Waals surface area contributed by atoms with Gasteiger partial charge >= 0.3 is 0 Å². The van der Waals surface area contributed by atoms with Crippen LogP contribution < -0.4 is 19.7 Å². The number of nitrogens with zero attached hydrogens (tertiary/aromatic N) is 4. The fraction of sp³-hybridized carbons (Fsp3) is 0.476. The van der Waals surface area contributed by atoms with Gasteiger partial charge in [0.1, 0.15) is 5.82 Å². The van der Waals surface area contributed by atoms with Gasteiger partial charge in [-0.1, -0.05) is 6.07 Å². The van der Waals surface area contributed by atoms with Crippen LogP contribution in [0.25, 0.3) is 0 Å². The van der Waals surface area contributed by atoms with Crippen LogP contribution in [0, 0.1) is 6.92 Å². The van der Waals surface area contributed by atoms with Crippen LogP contribution in [-0.2, 0) is 11.2 Å². The highest BCUT2D eigenvalue weighted by atomic mass is 16.5. The molecular formula is C21H29N5O3. The van der Waals surface area contributed by atoms with Crippen LogP contribution in [0.3, 0.4) is 0 Å². The lowest BCUT2D eigenvalue weighted by Gasteiger charge is -2.34. The van der Waals surface area contributed by atoms with Gasteiger partial charge in [-0.15, -0.1) is 0 Å². The summed E-state index contributed by atoms with van der Waals surface area (Å²) in [6.45, 7) is 7.21. The molecule has 0 aliphatic carbocycles. The first-order valence-corrected chi connectivity index (χ1v) is 9.81. The van der Waals surface area contributed by atoms with E-state index in [9.17, 15) is 4.79 Å². The van der Waals surface area contributed by atoms with Gasteiger partial charge < -0.3 is 24.6 Å². The van der Waals surface area contributed by atoms with E-state index in [0.717, 1.165) is 54.6 Å². The van der Waals surface area contributed by atoms with Gasteiger partial charge in [0.25, 0.3) is 0 Å². The van der Waals surface area contributed by atoms with Gasteiger partial charge in [-0.2, -0.15) is 4.98 Å². The van der Waals surface area contributed by atoms with Crippen LogP contribution in [0.1, 0.15) is 18.2 Å². The van der Waals surface area contributed by atoms with E-state index < -0.39 is 0 Å². The van der Waals surface area contributed by atoms with Crippen molar-refractivity contribution in [2.75, 3.05) is 57.2 Å². The molecule has 1 aromatic carbocycles. The number of benzene rings is 1. The number of anilines is 2. The summed E-state index contributed by atoms with van der Waals surface area (Å²) in [7, 11) is 3.27. The topological polar surface area (TPSA) is 79.8 Å². The molecule has 2 heterocycles. The molecule has 0 saturated carbocycles. The minimum Gasteiger partial charge on any atom is -0.493 e. The molecule has 0 atom stereocenters. The van der Waals surface area contributed by atoms with Gasteiger partial charge in [0, 0.05) is 51.4 Å². The maximum absolute atomic E-state index is 11.5. The summed E-state index contributed by atoms with van der Waals surface area (Å²) in [5.41, 5.74) is 2.07. The molecule has 8 heteroatoms. The van der Waals surface area contributed by atoms with Crippen LogP contribution in [-0.4, -0.2) is 67.7 Å². The van der Waals surface area contributed by atoms with Gasteiger partial charge in [0.15, 0.2) is 11.5 Å². The molecule has 0 spiro atoms. The molecular weight excluding hydrogens is 370 g/mol. The molecule has 2 aromatic rings. The van der Waals surface area contributed by atoms with Crippen LogP contribution in [0.4, 0.5) is 11.8 Å². The number of piperazine rings is 1. The van der Waals surface area contributed by atoms with Crippen molar-refractivity contribution in [3.63, 3.8) is 0 Å². The molecule has 3 rings (SSSR count). The van der Waals surface area contributed by atoms with E-state index in [1.165, 1.54) is 0 Å². The third-order valence-corrected chi connectivity index (χ3v) is 5.02. The first kappa shape index (κ1) is 20.7. The van der Waals surface area contributed by atoms with Gasteiger partial charge in [0.2, 0.25) is 11.9 Å². The van der Waals surface area contributed by atoms with Crippen LogP contribution >= 0.6 is 0 Å². The summed E-state index contributed by atoms with van der Waals surface area (Å²) < 4.78 is 10.7. The highest BCUT2D eigenvalue weighted by Crippen LogP contribution is 2.27. The smallest absolute Gasteiger partial charge is 0.227 e. The number of carbonyl (C=O) groups is 1. The highest BCUT2D eigenvalue weighted by Gasteiger charge is 2.21. The molecule has 1 N–H and O–H groups in total. The Morgan fingerprint density at radius 1 is 1.07 bits per heavy atom. The minimum absolute atomic E-state index is 0.118. The zero-order valence-electron chi connectivity index (χ0n) is 17.6. The quantitative estimate of drug-likeness (QED) is 0.764. The predicted octanol–water partition coefficient (Wildman–Crippen LogP) is 2.13. The van der Waals surface area contributed by atoms with Gasteiger partial charge in [-0.05, 0) is 31.0 Å². The molecule has 1 aliphatic rings. The minimum atomic E-state index is 0.118. The maximum Gasteiger partial charge on any atom is 0.227 e. The number of amides is 1. The van der Waals surface area contributed by atoms with Gasteiger partial charge in [-0.3, -0.25) is 4.79 Å². The second-order valence-electron chi connectivity index (χ2n) is 7.05. The Labute approximate surface area is 171 Å². The zero-order chi connectivity index (χ0) is 20.8. The summed E-state index contributed by atoms with van der Waals surface area (Å²) in [6, 6.07) is 7.89. The lowest BCUT2D eigenvalue weighted by Crippen LogP contribution is -2.48. The number of hydrogen-bond acceptors (Lipinski definition) is 7. The van der Waals surface area contributed by atoms with Crippen molar-refractivity contribution in [3.8, 4) is 11.5 Å². The average Bonchev–Trinajstić information content (AvgIpc) is 2.73. The van der Waals surface area contributed by atoms with E-state index in [-0.39, 0.29) is 5.91 Å². The Balaban J connectivity index is 1.60. The Morgan fingerprint density at radius 2 is 1.79 bits per heavy atom. The first-order chi connectivity index (χ1) is 14.0. The van der Waals surface area contributed by atoms with Crippen molar-refractivity contribution in [1.82, 2.24) is 14.9 Å². The molecule has 1 saturated heterocycles. The molecule has 0 bridgehead atoms. The van der Waals surface area contributed by atoms with E-state index in [1.807, 2.05) is 36.1 Å². The van der Waals surface area contributed by atoms with Gasteiger partial charge in [-0.25, -0.2) is 4.98 Å². The number of nitrogens with one attached hydrogen (secondary N) is 1. The Morgan fingerprint density at radius 3 is 2.45 bits per heavy atom. The SMILES string of the molecule is COc1ccc(CCNc2cc(C)nc(N3CCN(C(C)=O)CC3)n2)cc1OC. The van der Waals surface area contributed by atoms with E-state index in [0.29, 0.717) is 19.0 Å². The third kappa shape index (κ3) is 5.28. The summed E-state index contributed by atoms with van der Waals surface area (Å²) in [5, 5.41) is 3.39. The molecule has 29 heavy (non-hydrogen) atoms. The standard InChI is InChI=1S/C21H29N5O3/c1-15-13-20(22-8-7-17-5-6-18(28-3)19(14-17)29-4)24-21(23-15)26-11-9-25(10-12-26)16(2)27/h5-6,13-14H,7-12H2,1-4H3,(H,22,23,24). The fourth-order valence-electron chi connectivity index (χ4n) is 3.38. The van der Waals surface area contributed by atoms with E-state index in [2.05, 4.69) is 20.2 Å². The number of hydrogen-bond donors (Lipinski definition) is 1. The molecule has 1 amide bonds. The molecule has 0 unspecified atom stereocenters.